The van der Waals surface area contributed by atoms with Gasteiger partial charge in [0, 0.05) is 22.3 Å². The summed E-state index contributed by atoms with van der Waals surface area (Å²) in [5.74, 6) is 13.6. The second kappa shape index (κ2) is 8.32. The van der Waals surface area contributed by atoms with Crippen LogP contribution in [0.2, 0.25) is 0 Å². The zero-order chi connectivity index (χ0) is 21.0. The normalized spacial score (nSPS) is 10.6. The second-order valence-corrected chi connectivity index (χ2v) is 8.37. The summed E-state index contributed by atoms with van der Waals surface area (Å²) in [7, 11) is 0. The minimum absolute atomic E-state index is 0.0477. The van der Waals surface area contributed by atoms with Crippen molar-refractivity contribution >= 4 is 10.8 Å². The van der Waals surface area contributed by atoms with Gasteiger partial charge in [-0.25, -0.2) is 0 Å². The lowest BCUT2D eigenvalue weighted by Crippen LogP contribution is -2.14. The van der Waals surface area contributed by atoms with Gasteiger partial charge in [0.15, 0.2) is 0 Å². The molecule has 0 aliphatic carbocycles. The molecule has 4 aromatic carbocycles. The minimum Gasteiger partial charge on any atom is -0.0622 e. The van der Waals surface area contributed by atoms with Gasteiger partial charge < -0.3 is 0 Å². The summed E-state index contributed by atoms with van der Waals surface area (Å²) in [4.78, 5) is 0. The molecule has 0 bridgehead atoms. The molecular weight excluding hydrogens is 360 g/mol. The Balaban J connectivity index is 1.95. The van der Waals surface area contributed by atoms with Gasteiger partial charge in [-0.3, -0.25) is 0 Å². The van der Waals surface area contributed by atoms with Gasteiger partial charge >= 0.3 is 0 Å². The van der Waals surface area contributed by atoms with Crippen molar-refractivity contribution in [2.24, 2.45) is 0 Å². The maximum Gasteiger partial charge on any atom is 0.0365 e. The molecule has 0 aliphatic rings. The Morgan fingerprint density at radius 2 is 1.03 bits per heavy atom. The quantitative estimate of drug-likeness (QED) is 0.288. The summed E-state index contributed by atoms with van der Waals surface area (Å²) < 4.78 is 0. The predicted octanol–water partition coefficient (Wildman–Crippen LogP) is 6.94. The molecule has 0 aliphatic heterocycles. The highest BCUT2D eigenvalue weighted by Crippen LogP contribution is 2.33. The molecule has 0 aromatic heterocycles. The molecule has 0 saturated heterocycles. The number of hydrogen-bond donors (Lipinski definition) is 0. The summed E-state index contributed by atoms with van der Waals surface area (Å²) >= 11 is 0. The van der Waals surface area contributed by atoms with E-state index in [4.69, 9.17) is 0 Å². The highest BCUT2D eigenvalue weighted by atomic mass is 14.2. The van der Waals surface area contributed by atoms with Crippen molar-refractivity contribution in [3.05, 3.63) is 119 Å². The van der Waals surface area contributed by atoms with Gasteiger partial charge in [0.25, 0.3) is 0 Å². The SMILES string of the molecule is CC(C)(C)c1cc(C#Cc2ccccc2)c2ccccc2c1C#Cc1ccccc1. The Hall–Kier alpha value is -3.74. The number of rotatable bonds is 0. The zero-order valence-electron chi connectivity index (χ0n) is 17.7. The molecule has 144 valence electrons. The lowest BCUT2D eigenvalue weighted by Gasteiger charge is -2.23. The molecule has 0 atom stereocenters. The molecule has 0 radical (unpaired) electrons. The topological polar surface area (TPSA) is 0 Å². The Labute approximate surface area is 179 Å². The minimum atomic E-state index is -0.0477. The van der Waals surface area contributed by atoms with Crippen LogP contribution in [0.5, 0.6) is 0 Å². The van der Waals surface area contributed by atoms with Crippen LogP contribution in [0, 0.1) is 23.7 Å². The van der Waals surface area contributed by atoms with E-state index in [1.165, 1.54) is 5.56 Å². The third kappa shape index (κ3) is 4.30. The maximum absolute atomic E-state index is 3.48. The molecule has 0 spiro atoms. The van der Waals surface area contributed by atoms with Gasteiger partial charge in [-0.15, -0.1) is 0 Å². The van der Waals surface area contributed by atoms with Crippen molar-refractivity contribution < 1.29 is 0 Å². The smallest absolute Gasteiger partial charge is 0.0365 e. The fraction of sp³-hybridized carbons (Fsp3) is 0.133. The van der Waals surface area contributed by atoms with E-state index in [0.29, 0.717) is 0 Å². The van der Waals surface area contributed by atoms with Crippen LogP contribution in [0.25, 0.3) is 10.8 Å². The molecule has 4 rings (SSSR count). The Bertz CT molecular complexity index is 1300. The van der Waals surface area contributed by atoms with Gasteiger partial charge in [-0.2, -0.15) is 0 Å². The molecular formula is C30H24. The van der Waals surface area contributed by atoms with Crippen LogP contribution in [-0.2, 0) is 5.41 Å². The fourth-order valence-electron chi connectivity index (χ4n) is 3.52. The fourth-order valence-corrected chi connectivity index (χ4v) is 3.52. The van der Waals surface area contributed by atoms with Gasteiger partial charge in [-0.05, 0) is 52.1 Å². The van der Waals surface area contributed by atoms with Crippen molar-refractivity contribution in [3.63, 3.8) is 0 Å². The van der Waals surface area contributed by atoms with E-state index in [1.54, 1.807) is 0 Å². The monoisotopic (exact) mass is 384 g/mol. The van der Waals surface area contributed by atoms with E-state index >= 15 is 0 Å². The molecule has 4 aromatic rings. The van der Waals surface area contributed by atoms with Gasteiger partial charge in [0.1, 0.15) is 0 Å². The first-order chi connectivity index (χ1) is 14.5. The summed E-state index contributed by atoms with van der Waals surface area (Å²) in [6.07, 6.45) is 0. The van der Waals surface area contributed by atoms with Gasteiger partial charge in [0.05, 0.1) is 0 Å². The van der Waals surface area contributed by atoms with E-state index in [2.05, 4.69) is 74.8 Å². The molecule has 0 N–H and O–H groups in total. The van der Waals surface area contributed by atoms with Crippen LogP contribution in [-0.4, -0.2) is 0 Å². The third-order valence-corrected chi connectivity index (χ3v) is 5.07. The summed E-state index contributed by atoms with van der Waals surface area (Å²) in [5, 5.41) is 2.30. The van der Waals surface area contributed by atoms with E-state index in [9.17, 15) is 0 Å². The number of fused-ring (bicyclic) bond motifs is 1. The molecule has 30 heavy (non-hydrogen) atoms. The van der Waals surface area contributed by atoms with Crippen LogP contribution in [0.3, 0.4) is 0 Å². The molecule has 0 fully saturated rings. The average molecular weight is 385 g/mol. The third-order valence-electron chi connectivity index (χ3n) is 5.07. The lowest BCUT2D eigenvalue weighted by molar-refractivity contribution is 0.589. The molecule has 0 amide bonds. The standard InChI is InChI=1S/C30H24/c1-30(2,3)29-22-25(20-18-23-12-6-4-7-13-23)26-16-10-11-17-27(26)28(29)21-19-24-14-8-5-9-15-24/h4-17,22H,1-3H3. The molecule has 0 saturated carbocycles. The Morgan fingerprint density at radius 1 is 0.533 bits per heavy atom. The van der Waals surface area contributed by atoms with Crippen LogP contribution < -0.4 is 0 Å². The summed E-state index contributed by atoms with van der Waals surface area (Å²) in [6, 6.07) is 31.0. The zero-order valence-corrected chi connectivity index (χ0v) is 17.7. The highest BCUT2D eigenvalue weighted by Gasteiger charge is 2.20. The molecule has 0 nitrogen and oxygen atoms in total. The van der Waals surface area contributed by atoms with E-state index < -0.39 is 0 Å². The summed E-state index contributed by atoms with van der Waals surface area (Å²) in [6.45, 7) is 6.71. The molecule has 0 heteroatoms. The Morgan fingerprint density at radius 3 is 1.60 bits per heavy atom. The number of benzene rings is 4. The number of hydrogen-bond acceptors (Lipinski definition) is 0. The van der Waals surface area contributed by atoms with Crippen LogP contribution in [0.15, 0.2) is 91.0 Å². The lowest BCUT2D eigenvalue weighted by atomic mass is 9.80. The van der Waals surface area contributed by atoms with Crippen molar-refractivity contribution in [2.75, 3.05) is 0 Å². The highest BCUT2D eigenvalue weighted by molar-refractivity contribution is 5.94. The van der Waals surface area contributed by atoms with Crippen molar-refractivity contribution in [1.82, 2.24) is 0 Å². The first-order valence-electron chi connectivity index (χ1n) is 10.2. The van der Waals surface area contributed by atoms with Gasteiger partial charge in [0.2, 0.25) is 0 Å². The van der Waals surface area contributed by atoms with E-state index in [1.807, 2.05) is 60.7 Å². The average Bonchev–Trinajstić information content (AvgIpc) is 2.77. The van der Waals surface area contributed by atoms with Crippen LogP contribution in [0.4, 0.5) is 0 Å². The van der Waals surface area contributed by atoms with Crippen molar-refractivity contribution in [1.29, 1.82) is 0 Å². The molecule has 0 heterocycles. The largest absolute Gasteiger partial charge is 0.0622 e. The Kier molecular flexibility index (Phi) is 5.43. The second-order valence-electron chi connectivity index (χ2n) is 8.37. The maximum atomic E-state index is 3.48. The first-order valence-corrected chi connectivity index (χ1v) is 10.2. The van der Waals surface area contributed by atoms with E-state index in [0.717, 1.165) is 33.0 Å². The molecule has 0 unspecified atom stereocenters. The van der Waals surface area contributed by atoms with E-state index in [-0.39, 0.29) is 5.41 Å². The van der Waals surface area contributed by atoms with Crippen molar-refractivity contribution in [2.45, 2.75) is 26.2 Å². The van der Waals surface area contributed by atoms with Crippen molar-refractivity contribution in [3.8, 4) is 23.7 Å². The predicted molar refractivity (Wildman–Crippen MR) is 127 cm³/mol. The van der Waals surface area contributed by atoms with Crippen LogP contribution >= 0.6 is 0 Å². The first kappa shape index (κ1) is 19.6. The summed E-state index contributed by atoms with van der Waals surface area (Å²) in [5.41, 5.74) is 5.36. The van der Waals surface area contributed by atoms with Gasteiger partial charge in [-0.1, -0.05) is 105 Å². The van der Waals surface area contributed by atoms with Crippen LogP contribution in [0.1, 0.15) is 48.6 Å².